The summed E-state index contributed by atoms with van der Waals surface area (Å²) in [4.78, 5) is 11.2. The Hall–Kier alpha value is -0.770. The van der Waals surface area contributed by atoms with Crippen LogP contribution in [0.2, 0.25) is 0 Å². The highest BCUT2D eigenvalue weighted by Gasteiger charge is 2.05. The number of nitrogens with zero attached hydrogens (tertiary/aromatic N) is 2. The van der Waals surface area contributed by atoms with Crippen molar-refractivity contribution in [2.24, 2.45) is 0 Å². The van der Waals surface area contributed by atoms with E-state index in [9.17, 15) is 4.79 Å². The topological polar surface area (TPSA) is 34.9 Å². The van der Waals surface area contributed by atoms with Crippen molar-refractivity contribution < 1.29 is 4.79 Å². The molecule has 0 unspecified atom stereocenters. The number of carbonyl (C=O) groups is 1. The second kappa shape index (κ2) is 5.07. The van der Waals surface area contributed by atoms with Gasteiger partial charge in [-0.2, -0.15) is 16.9 Å². The summed E-state index contributed by atoms with van der Waals surface area (Å²) in [6.45, 7) is 2.74. The number of Topliss-reactive ketones (excluding diaryl/α,β-unsaturated/α-hetero) is 1. The molecule has 4 heteroatoms. The minimum absolute atomic E-state index is 0.162. The Morgan fingerprint density at radius 2 is 2.46 bits per heavy atom. The van der Waals surface area contributed by atoms with E-state index in [1.54, 1.807) is 18.0 Å². The van der Waals surface area contributed by atoms with Crippen LogP contribution in [0.1, 0.15) is 23.7 Å². The molecule has 0 amide bonds. The first-order chi connectivity index (χ1) is 6.27. The Labute approximate surface area is 82.5 Å². The van der Waals surface area contributed by atoms with E-state index in [-0.39, 0.29) is 5.78 Å². The first kappa shape index (κ1) is 10.3. The molecule has 0 saturated carbocycles. The van der Waals surface area contributed by atoms with Crippen molar-refractivity contribution in [3.8, 4) is 0 Å². The van der Waals surface area contributed by atoms with Crippen LogP contribution in [0.4, 0.5) is 0 Å². The van der Waals surface area contributed by atoms with Crippen molar-refractivity contribution in [2.45, 2.75) is 19.9 Å². The van der Waals surface area contributed by atoms with Crippen LogP contribution < -0.4 is 0 Å². The summed E-state index contributed by atoms with van der Waals surface area (Å²) >= 11 is 1.77. The standard InChI is InChI=1S/C9H14N2OS/c1-3-9(12)8-6-10-11(7-8)4-5-13-2/h6-7H,3-5H2,1-2H3. The highest BCUT2D eigenvalue weighted by molar-refractivity contribution is 7.98. The smallest absolute Gasteiger partial charge is 0.165 e. The lowest BCUT2D eigenvalue weighted by atomic mass is 10.2. The van der Waals surface area contributed by atoms with E-state index in [1.807, 2.05) is 17.8 Å². The molecule has 0 radical (unpaired) electrons. The Morgan fingerprint density at radius 1 is 1.69 bits per heavy atom. The lowest BCUT2D eigenvalue weighted by Crippen LogP contribution is -2.00. The molecule has 0 fully saturated rings. The zero-order chi connectivity index (χ0) is 9.68. The van der Waals surface area contributed by atoms with Gasteiger partial charge in [-0.3, -0.25) is 9.48 Å². The molecular weight excluding hydrogens is 184 g/mol. The van der Waals surface area contributed by atoms with Crippen molar-refractivity contribution >= 4 is 17.5 Å². The number of aryl methyl sites for hydroxylation is 1. The summed E-state index contributed by atoms with van der Waals surface area (Å²) in [6, 6.07) is 0. The van der Waals surface area contributed by atoms with Crippen LogP contribution in [0.15, 0.2) is 12.4 Å². The predicted molar refractivity (Wildman–Crippen MR) is 55.2 cm³/mol. The Bertz CT molecular complexity index is 283. The molecule has 0 aliphatic heterocycles. The summed E-state index contributed by atoms with van der Waals surface area (Å²) in [6.07, 6.45) is 6.07. The van der Waals surface area contributed by atoms with E-state index in [0.29, 0.717) is 6.42 Å². The zero-order valence-electron chi connectivity index (χ0n) is 7.99. The van der Waals surface area contributed by atoms with E-state index in [0.717, 1.165) is 17.9 Å². The molecule has 0 N–H and O–H groups in total. The summed E-state index contributed by atoms with van der Waals surface area (Å²) < 4.78 is 1.82. The lowest BCUT2D eigenvalue weighted by Gasteiger charge is -1.96. The third-order valence-electron chi connectivity index (χ3n) is 1.80. The van der Waals surface area contributed by atoms with Gasteiger partial charge < -0.3 is 0 Å². The van der Waals surface area contributed by atoms with Crippen molar-refractivity contribution in [1.29, 1.82) is 0 Å². The molecule has 72 valence electrons. The predicted octanol–water partition coefficient (Wildman–Crippen LogP) is 1.84. The molecule has 1 aromatic rings. The minimum atomic E-state index is 0.162. The summed E-state index contributed by atoms with van der Waals surface area (Å²) in [5, 5.41) is 4.11. The van der Waals surface area contributed by atoms with Gasteiger partial charge in [-0.05, 0) is 6.26 Å². The molecule has 13 heavy (non-hydrogen) atoms. The van der Waals surface area contributed by atoms with Crippen LogP contribution in [-0.4, -0.2) is 27.6 Å². The Balaban J connectivity index is 2.58. The molecule has 1 aromatic heterocycles. The van der Waals surface area contributed by atoms with E-state index in [4.69, 9.17) is 0 Å². The van der Waals surface area contributed by atoms with Crippen molar-refractivity contribution in [1.82, 2.24) is 9.78 Å². The molecule has 0 atom stereocenters. The average molecular weight is 198 g/mol. The van der Waals surface area contributed by atoms with Gasteiger partial charge in [0.05, 0.1) is 11.8 Å². The van der Waals surface area contributed by atoms with Gasteiger partial charge in [0, 0.05) is 24.9 Å². The molecule has 3 nitrogen and oxygen atoms in total. The normalized spacial score (nSPS) is 10.3. The van der Waals surface area contributed by atoms with Crippen molar-refractivity contribution in [3.63, 3.8) is 0 Å². The maximum absolute atomic E-state index is 11.2. The van der Waals surface area contributed by atoms with Crippen molar-refractivity contribution in [2.75, 3.05) is 12.0 Å². The minimum Gasteiger partial charge on any atom is -0.294 e. The van der Waals surface area contributed by atoms with Gasteiger partial charge in [0.2, 0.25) is 0 Å². The van der Waals surface area contributed by atoms with Gasteiger partial charge >= 0.3 is 0 Å². The molecule has 0 aliphatic rings. The number of thioether (sulfide) groups is 1. The van der Waals surface area contributed by atoms with Crippen LogP contribution in [0.25, 0.3) is 0 Å². The molecule has 0 spiro atoms. The summed E-state index contributed by atoms with van der Waals surface area (Å²) in [5.41, 5.74) is 0.726. The first-order valence-electron chi connectivity index (χ1n) is 4.32. The zero-order valence-corrected chi connectivity index (χ0v) is 8.80. The fourth-order valence-electron chi connectivity index (χ4n) is 1.02. The SMILES string of the molecule is CCC(=O)c1cnn(CCSC)c1. The van der Waals surface area contributed by atoms with Crippen LogP contribution >= 0.6 is 11.8 Å². The maximum atomic E-state index is 11.2. The molecule has 0 aromatic carbocycles. The van der Waals surface area contributed by atoms with Crippen molar-refractivity contribution in [3.05, 3.63) is 18.0 Å². The van der Waals surface area contributed by atoms with E-state index in [1.165, 1.54) is 0 Å². The molecule has 1 rings (SSSR count). The molecule has 1 heterocycles. The van der Waals surface area contributed by atoms with E-state index < -0.39 is 0 Å². The van der Waals surface area contributed by atoms with E-state index >= 15 is 0 Å². The third-order valence-corrected chi connectivity index (χ3v) is 2.39. The van der Waals surface area contributed by atoms with Gasteiger partial charge in [0.15, 0.2) is 5.78 Å². The fourth-order valence-corrected chi connectivity index (χ4v) is 1.39. The number of aromatic nitrogens is 2. The Morgan fingerprint density at radius 3 is 3.08 bits per heavy atom. The van der Waals surface area contributed by atoms with Gasteiger partial charge in [-0.1, -0.05) is 6.92 Å². The number of ketones is 1. The molecule has 0 aliphatic carbocycles. The largest absolute Gasteiger partial charge is 0.294 e. The second-order valence-electron chi connectivity index (χ2n) is 2.76. The highest BCUT2D eigenvalue weighted by Crippen LogP contribution is 2.02. The number of carbonyl (C=O) groups excluding carboxylic acids is 1. The van der Waals surface area contributed by atoms with E-state index in [2.05, 4.69) is 11.4 Å². The van der Waals surface area contributed by atoms with Crippen LogP contribution in [0, 0.1) is 0 Å². The summed E-state index contributed by atoms with van der Waals surface area (Å²) in [7, 11) is 0. The van der Waals surface area contributed by atoms with Crippen LogP contribution in [0.3, 0.4) is 0 Å². The second-order valence-corrected chi connectivity index (χ2v) is 3.75. The number of hydrogen-bond acceptors (Lipinski definition) is 3. The maximum Gasteiger partial charge on any atom is 0.165 e. The molecule has 0 saturated heterocycles. The number of hydrogen-bond donors (Lipinski definition) is 0. The first-order valence-corrected chi connectivity index (χ1v) is 5.72. The summed E-state index contributed by atoms with van der Waals surface area (Å²) in [5.74, 6) is 1.19. The fraction of sp³-hybridized carbons (Fsp3) is 0.556. The highest BCUT2D eigenvalue weighted by atomic mass is 32.2. The van der Waals surface area contributed by atoms with Gasteiger partial charge in [0.1, 0.15) is 0 Å². The monoisotopic (exact) mass is 198 g/mol. The lowest BCUT2D eigenvalue weighted by molar-refractivity contribution is 0.0988. The Kier molecular flexibility index (Phi) is 4.02. The molecular formula is C9H14N2OS. The molecule has 0 bridgehead atoms. The van der Waals surface area contributed by atoms with Gasteiger partial charge in [-0.15, -0.1) is 0 Å². The van der Waals surface area contributed by atoms with Gasteiger partial charge in [0.25, 0.3) is 0 Å². The van der Waals surface area contributed by atoms with Crippen LogP contribution in [-0.2, 0) is 6.54 Å². The quantitative estimate of drug-likeness (QED) is 0.677. The third kappa shape index (κ3) is 2.88. The number of rotatable bonds is 5. The average Bonchev–Trinajstić information content (AvgIpc) is 2.62. The van der Waals surface area contributed by atoms with Gasteiger partial charge in [-0.25, -0.2) is 0 Å². The van der Waals surface area contributed by atoms with Crippen LogP contribution in [0.5, 0.6) is 0 Å².